The van der Waals surface area contributed by atoms with E-state index in [1.807, 2.05) is 13.8 Å². The molecule has 3 N–H and O–H groups in total. The van der Waals surface area contributed by atoms with Gasteiger partial charge < -0.3 is 10.8 Å². The molecule has 10 heavy (non-hydrogen) atoms. The predicted octanol–water partition coefficient (Wildman–Crippen LogP) is 0.834. The molecule has 0 rings (SSSR count). The van der Waals surface area contributed by atoms with Gasteiger partial charge in [0.2, 0.25) is 0 Å². The summed E-state index contributed by atoms with van der Waals surface area (Å²) >= 11 is 0. The van der Waals surface area contributed by atoms with E-state index in [1.54, 1.807) is 0 Å². The van der Waals surface area contributed by atoms with Crippen molar-refractivity contribution in [3.05, 3.63) is 0 Å². The first kappa shape index (κ1) is 9.43. The minimum Gasteiger partial charge on any atom is -0.481 e. The maximum atomic E-state index is 10.5. The summed E-state index contributed by atoms with van der Waals surface area (Å²) in [4.78, 5) is 10.5. The van der Waals surface area contributed by atoms with Crippen LogP contribution in [0.5, 0.6) is 0 Å². The molecule has 0 aromatic rings. The molecule has 3 heteroatoms. The van der Waals surface area contributed by atoms with Crippen molar-refractivity contribution in [2.45, 2.75) is 32.7 Å². The molecule has 0 aromatic heterocycles. The molecule has 0 radical (unpaired) electrons. The molecular weight excluding hydrogens is 130 g/mol. The molecule has 0 aliphatic carbocycles. The van der Waals surface area contributed by atoms with E-state index < -0.39 is 5.97 Å². The van der Waals surface area contributed by atoms with Gasteiger partial charge in [-0.1, -0.05) is 13.8 Å². The average molecular weight is 145 g/mol. The Morgan fingerprint density at radius 3 is 2.10 bits per heavy atom. The van der Waals surface area contributed by atoms with Gasteiger partial charge >= 0.3 is 5.97 Å². The Kier molecular flexibility index (Phi) is 4.03. The second-order valence-electron chi connectivity index (χ2n) is 2.43. The van der Waals surface area contributed by atoms with Crippen molar-refractivity contribution in [1.29, 1.82) is 0 Å². The monoisotopic (exact) mass is 145 g/mol. The first-order chi connectivity index (χ1) is 4.63. The maximum absolute atomic E-state index is 10.5. The fourth-order valence-electron chi connectivity index (χ4n) is 0.945. The highest BCUT2D eigenvalue weighted by Crippen LogP contribution is 2.09. The molecule has 2 atom stereocenters. The largest absolute Gasteiger partial charge is 0.481 e. The second-order valence-corrected chi connectivity index (χ2v) is 2.43. The Labute approximate surface area is 61.2 Å². The van der Waals surface area contributed by atoms with Crippen molar-refractivity contribution in [2.75, 3.05) is 0 Å². The molecule has 0 heterocycles. The Hall–Kier alpha value is -0.570. The van der Waals surface area contributed by atoms with Crippen molar-refractivity contribution in [3.63, 3.8) is 0 Å². The topological polar surface area (TPSA) is 63.3 Å². The lowest BCUT2D eigenvalue weighted by Crippen LogP contribution is -2.34. The quantitative estimate of drug-likeness (QED) is 0.616. The van der Waals surface area contributed by atoms with Crippen LogP contribution in [0.25, 0.3) is 0 Å². The van der Waals surface area contributed by atoms with E-state index in [0.29, 0.717) is 6.42 Å². The number of rotatable bonds is 4. The lowest BCUT2D eigenvalue weighted by Gasteiger charge is -2.15. The lowest BCUT2D eigenvalue weighted by molar-refractivity contribution is -0.142. The lowest BCUT2D eigenvalue weighted by atomic mass is 9.96. The molecule has 0 aromatic carbocycles. The molecule has 60 valence electrons. The number of carboxylic acids is 1. The second kappa shape index (κ2) is 4.28. The zero-order valence-corrected chi connectivity index (χ0v) is 6.50. The molecule has 0 fully saturated rings. The summed E-state index contributed by atoms with van der Waals surface area (Å²) in [7, 11) is 0. The smallest absolute Gasteiger partial charge is 0.308 e. The molecule has 0 aliphatic rings. The third kappa shape index (κ3) is 2.35. The molecule has 0 bridgehead atoms. The van der Waals surface area contributed by atoms with Gasteiger partial charge in [0.1, 0.15) is 0 Å². The van der Waals surface area contributed by atoms with Gasteiger partial charge in [-0.15, -0.1) is 0 Å². The Morgan fingerprint density at radius 1 is 1.50 bits per heavy atom. The third-order valence-corrected chi connectivity index (χ3v) is 1.75. The van der Waals surface area contributed by atoms with Gasteiger partial charge in [-0.3, -0.25) is 4.79 Å². The van der Waals surface area contributed by atoms with Crippen molar-refractivity contribution in [2.24, 2.45) is 11.7 Å². The van der Waals surface area contributed by atoms with Crippen LogP contribution in [0.2, 0.25) is 0 Å². The summed E-state index contributed by atoms with van der Waals surface area (Å²) in [5.74, 6) is -1.15. The molecule has 0 amide bonds. The molecule has 0 saturated carbocycles. The average Bonchev–Trinajstić information content (AvgIpc) is 1.88. The van der Waals surface area contributed by atoms with Crippen LogP contribution < -0.4 is 5.73 Å². The molecule has 3 nitrogen and oxygen atoms in total. The Bertz CT molecular complexity index is 114. The maximum Gasteiger partial charge on any atom is 0.308 e. The summed E-state index contributed by atoms with van der Waals surface area (Å²) in [6, 6.07) is -0.192. The van der Waals surface area contributed by atoms with E-state index in [4.69, 9.17) is 10.8 Å². The Morgan fingerprint density at radius 2 is 2.00 bits per heavy atom. The number of aliphatic carboxylic acids is 1. The fraction of sp³-hybridized carbons (Fsp3) is 0.857. The van der Waals surface area contributed by atoms with Crippen molar-refractivity contribution < 1.29 is 9.90 Å². The van der Waals surface area contributed by atoms with E-state index in [-0.39, 0.29) is 12.0 Å². The molecule has 0 aliphatic heterocycles. The highest BCUT2D eigenvalue weighted by Gasteiger charge is 2.20. The summed E-state index contributed by atoms with van der Waals surface area (Å²) in [5.41, 5.74) is 5.55. The van der Waals surface area contributed by atoms with Crippen LogP contribution in [-0.4, -0.2) is 17.1 Å². The predicted molar refractivity (Wildman–Crippen MR) is 39.7 cm³/mol. The van der Waals surface area contributed by atoms with Crippen LogP contribution in [0.1, 0.15) is 26.7 Å². The van der Waals surface area contributed by atoms with Gasteiger partial charge in [-0.2, -0.15) is 0 Å². The number of nitrogens with two attached hydrogens (primary N) is 1. The minimum atomic E-state index is -0.781. The number of hydrogen-bond donors (Lipinski definition) is 2. The normalized spacial score (nSPS) is 16.3. The fourth-order valence-corrected chi connectivity index (χ4v) is 0.945. The van der Waals surface area contributed by atoms with E-state index >= 15 is 0 Å². The van der Waals surface area contributed by atoms with E-state index in [9.17, 15) is 4.79 Å². The Balaban J connectivity index is 3.92. The van der Waals surface area contributed by atoms with Crippen LogP contribution in [0.3, 0.4) is 0 Å². The minimum absolute atomic E-state index is 0.192. The van der Waals surface area contributed by atoms with Crippen LogP contribution in [-0.2, 0) is 4.79 Å². The van der Waals surface area contributed by atoms with Crippen LogP contribution in [0, 0.1) is 5.92 Å². The zero-order valence-electron chi connectivity index (χ0n) is 6.50. The van der Waals surface area contributed by atoms with Gasteiger partial charge in [0.05, 0.1) is 5.92 Å². The molecule has 0 spiro atoms. The van der Waals surface area contributed by atoms with Crippen molar-refractivity contribution >= 4 is 5.97 Å². The molecule has 0 unspecified atom stereocenters. The summed E-state index contributed by atoms with van der Waals surface area (Å²) in [5, 5.41) is 8.59. The highest BCUT2D eigenvalue weighted by molar-refractivity contribution is 5.70. The first-order valence-electron chi connectivity index (χ1n) is 3.61. The van der Waals surface area contributed by atoms with Crippen molar-refractivity contribution in [1.82, 2.24) is 0 Å². The van der Waals surface area contributed by atoms with Gasteiger partial charge in [-0.05, 0) is 12.8 Å². The van der Waals surface area contributed by atoms with Gasteiger partial charge in [-0.25, -0.2) is 0 Å². The number of hydrogen-bond acceptors (Lipinski definition) is 2. The molecular formula is C7H15NO2. The van der Waals surface area contributed by atoms with Crippen LogP contribution >= 0.6 is 0 Å². The third-order valence-electron chi connectivity index (χ3n) is 1.75. The number of carbonyl (C=O) groups is 1. The zero-order chi connectivity index (χ0) is 8.15. The summed E-state index contributed by atoms with van der Waals surface area (Å²) in [6.45, 7) is 3.74. The summed E-state index contributed by atoms with van der Waals surface area (Å²) < 4.78 is 0. The highest BCUT2D eigenvalue weighted by atomic mass is 16.4. The number of carboxylic acid groups (broad SMARTS) is 1. The molecule has 0 saturated heterocycles. The van der Waals surface area contributed by atoms with E-state index in [2.05, 4.69) is 0 Å². The van der Waals surface area contributed by atoms with Crippen molar-refractivity contribution in [3.8, 4) is 0 Å². The van der Waals surface area contributed by atoms with E-state index in [1.165, 1.54) is 0 Å². The first-order valence-corrected chi connectivity index (χ1v) is 3.61. The van der Waals surface area contributed by atoms with Crippen LogP contribution in [0.15, 0.2) is 0 Å². The van der Waals surface area contributed by atoms with Gasteiger partial charge in [0, 0.05) is 6.04 Å². The van der Waals surface area contributed by atoms with Gasteiger partial charge in [0.15, 0.2) is 0 Å². The SMILES string of the molecule is CC[C@H](C(=O)O)[C@@H](N)CC. The van der Waals surface area contributed by atoms with Gasteiger partial charge in [0.25, 0.3) is 0 Å². The standard InChI is InChI=1S/C7H15NO2/c1-3-5(7(9)10)6(8)4-2/h5-6H,3-4,8H2,1-2H3,(H,9,10)/t5-,6-/m0/s1. The van der Waals surface area contributed by atoms with Crippen LogP contribution in [0.4, 0.5) is 0 Å². The van der Waals surface area contributed by atoms with E-state index in [0.717, 1.165) is 6.42 Å². The summed E-state index contributed by atoms with van der Waals surface area (Å²) in [6.07, 6.45) is 1.34.